The number of benzene rings is 1. The summed E-state index contributed by atoms with van der Waals surface area (Å²) in [6.45, 7) is 0.370. The number of fused-ring (bicyclic) bond motifs is 3. The summed E-state index contributed by atoms with van der Waals surface area (Å²) >= 11 is 0. The molecule has 5 rings (SSSR count). The first kappa shape index (κ1) is 28.1. The van der Waals surface area contributed by atoms with Crippen molar-refractivity contribution in [3.63, 3.8) is 0 Å². The molecule has 0 aliphatic heterocycles. The molecule has 1 aromatic rings. The van der Waals surface area contributed by atoms with Crippen LogP contribution in [0.2, 0.25) is 0 Å². The third-order valence-corrected chi connectivity index (χ3v) is 9.19. The van der Waals surface area contributed by atoms with E-state index in [4.69, 9.17) is 5.73 Å². The van der Waals surface area contributed by atoms with Crippen LogP contribution in [-0.4, -0.2) is 88.7 Å². The van der Waals surface area contributed by atoms with Crippen molar-refractivity contribution >= 4 is 28.9 Å². The number of amides is 1. The minimum atomic E-state index is -2.65. The second kappa shape index (κ2) is 9.90. The molecule has 11 nitrogen and oxygen atoms in total. The smallest absolute Gasteiger partial charge is 0.255 e. The second-order valence-corrected chi connectivity index (χ2v) is 12.0. The van der Waals surface area contributed by atoms with E-state index in [2.05, 4.69) is 5.32 Å². The van der Waals surface area contributed by atoms with Gasteiger partial charge in [0.15, 0.2) is 11.4 Å². The molecular formula is C29H38N4O7. The summed E-state index contributed by atoms with van der Waals surface area (Å²) in [6, 6.07) is 1.12. The molecule has 2 saturated carbocycles. The first-order chi connectivity index (χ1) is 18.8. The van der Waals surface area contributed by atoms with Crippen LogP contribution in [0.1, 0.15) is 48.8 Å². The first-order valence-corrected chi connectivity index (χ1v) is 13.7. The number of nitrogens with two attached hydrogens (primary N) is 1. The summed E-state index contributed by atoms with van der Waals surface area (Å²) in [5, 5.41) is 49.2. The van der Waals surface area contributed by atoms with Gasteiger partial charge < -0.3 is 36.4 Å². The number of phenolic OH excluding ortho intramolecular Hbond substituents is 1. The predicted octanol–water partition coefficient (Wildman–Crippen LogP) is 1.06. The van der Waals surface area contributed by atoms with Crippen molar-refractivity contribution in [1.29, 1.82) is 0 Å². The molecule has 216 valence electrons. The Bertz CT molecular complexity index is 1360. The summed E-state index contributed by atoms with van der Waals surface area (Å²) in [5.74, 6) is -6.45. The zero-order valence-electron chi connectivity index (χ0n) is 23.3. The van der Waals surface area contributed by atoms with Gasteiger partial charge in [-0.3, -0.25) is 19.3 Å². The second-order valence-electron chi connectivity index (χ2n) is 12.0. The van der Waals surface area contributed by atoms with Crippen LogP contribution in [0, 0.1) is 11.8 Å². The molecule has 0 radical (unpaired) electrons. The number of hydrogen-bond acceptors (Lipinski definition) is 10. The van der Waals surface area contributed by atoms with Crippen LogP contribution < -0.4 is 16.0 Å². The average Bonchev–Trinajstić information content (AvgIpc) is 3.39. The lowest BCUT2D eigenvalue weighted by Gasteiger charge is -2.50. The van der Waals surface area contributed by atoms with E-state index >= 15 is 0 Å². The molecule has 0 saturated heterocycles. The van der Waals surface area contributed by atoms with Gasteiger partial charge >= 0.3 is 0 Å². The number of aliphatic hydroxyl groups excluding tert-OH is 2. The number of likely N-dealkylation sites (N-methyl/N-ethyl adjacent to an activating group) is 1. The number of rotatable bonds is 6. The van der Waals surface area contributed by atoms with Gasteiger partial charge in [-0.2, -0.15) is 0 Å². The number of ketones is 2. The van der Waals surface area contributed by atoms with Gasteiger partial charge in [0.1, 0.15) is 22.8 Å². The van der Waals surface area contributed by atoms with E-state index in [0.717, 1.165) is 31.4 Å². The van der Waals surface area contributed by atoms with Crippen molar-refractivity contribution in [3.8, 4) is 5.75 Å². The number of anilines is 1. The monoisotopic (exact) mass is 554 g/mol. The minimum Gasteiger partial charge on any atom is -0.508 e. The summed E-state index contributed by atoms with van der Waals surface area (Å²) in [6.07, 6.45) is 4.72. The number of Topliss-reactive ketones (excluding diaryl/α,β-unsaturated/α-hetero) is 2. The molecule has 0 heterocycles. The third-order valence-electron chi connectivity index (χ3n) is 9.19. The van der Waals surface area contributed by atoms with Gasteiger partial charge in [0.25, 0.3) is 5.91 Å². The van der Waals surface area contributed by atoms with Crippen LogP contribution >= 0.6 is 0 Å². The number of hydrogen-bond donors (Lipinski definition) is 6. The third kappa shape index (κ3) is 4.02. The lowest BCUT2D eigenvalue weighted by Crippen LogP contribution is -2.65. The Balaban J connectivity index is 1.67. The summed E-state index contributed by atoms with van der Waals surface area (Å²) in [5.41, 5.74) is 3.89. The Morgan fingerprint density at radius 3 is 2.35 bits per heavy atom. The normalized spacial score (nSPS) is 28.6. The Morgan fingerprint density at radius 2 is 1.77 bits per heavy atom. The summed E-state index contributed by atoms with van der Waals surface area (Å²) in [7, 11) is 6.88. The maximum Gasteiger partial charge on any atom is 0.255 e. The van der Waals surface area contributed by atoms with Crippen LogP contribution in [-0.2, 0) is 27.3 Å². The van der Waals surface area contributed by atoms with Crippen LogP contribution in [0.25, 0.3) is 5.76 Å². The van der Waals surface area contributed by atoms with Gasteiger partial charge in [-0.1, -0.05) is 12.8 Å². The van der Waals surface area contributed by atoms with Crippen LogP contribution in [0.4, 0.5) is 5.69 Å². The maximum absolute atomic E-state index is 14.1. The number of primary amides is 1. The molecule has 11 heteroatoms. The predicted molar refractivity (Wildman–Crippen MR) is 148 cm³/mol. The molecule has 0 spiro atoms. The van der Waals surface area contributed by atoms with Crippen LogP contribution in [0.5, 0.6) is 5.75 Å². The van der Waals surface area contributed by atoms with Gasteiger partial charge in [-0.15, -0.1) is 0 Å². The number of aliphatic hydroxyl groups is 3. The SMILES string of the molecule is CN(C)c1cc(CNC2CCCC2)c(O)c2c1C[C@H]1C[C@H]3[C@H](N(C)C)C(=O)C(C(N)=O)=C(O)[C@@]3(O)C(=O)C1=C2O. The lowest BCUT2D eigenvalue weighted by molar-refractivity contribution is -0.153. The Morgan fingerprint density at radius 1 is 1.12 bits per heavy atom. The molecule has 1 amide bonds. The van der Waals surface area contributed by atoms with E-state index in [9.17, 15) is 34.8 Å². The average molecular weight is 555 g/mol. The number of carbonyl (C=O) groups excluding carboxylic acids is 3. The molecule has 4 atom stereocenters. The number of aromatic hydroxyl groups is 1. The van der Waals surface area contributed by atoms with Crippen LogP contribution in [0.3, 0.4) is 0 Å². The molecule has 0 unspecified atom stereocenters. The van der Waals surface area contributed by atoms with Gasteiger partial charge in [0.2, 0.25) is 5.78 Å². The Kier molecular flexibility index (Phi) is 6.96. The zero-order chi connectivity index (χ0) is 29.3. The zero-order valence-corrected chi connectivity index (χ0v) is 23.3. The van der Waals surface area contributed by atoms with E-state index in [1.807, 2.05) is 25.1 Å². The highest BCUT2D eigenvalue weighted by molar-refractivity contribution is 6.24. The van der Waals surface area contributed by atoms with E-state index in [-0.39, 0.29) is 29.7 Å². The molecule has 0 bridgehead atoms. The fourth-order valence-electron chi connectivity index (χ4n) is 7.26. The number of nitrogens with one attached hydrogen (secondary N) is 1. The Hall–Kier alpha value is -3.41. The van der Waals surface area contributed by atoms with Gasteiger partial charge in [0, 0.05) is 49.4 Å². The summed E-state index contributed by atoms with van der Waals surface area (Å²) in [4.78, 5) is 42.8. The maximum atomic E-state index is 14.1. The number of carbonyl (C=O) groups is 3. The van der Waals surface area contributed by atoms with E-state index in [1.165, 1.54) is 4.90 Å². The molecule has 2 fully saturated rings. The van der Waals surface area contributed by atoms with E-state index in [0.29, 0.717) is 23.7 Å². The van der Waals surface area contributed by atoms with Gasteiger partial charge in [-0.05, 0) is 57.3 Å². The van der Waals surface area contributed by atoms with Crippen molar-refractivity contribution in [1.82, 2.24) is 10.2 Å². The lowest BCUT2D eigenvalue weighted by atomic mass is 9.57. The van der Waals surface area contributed by atoms with E-state index < -0.39 is 58.0 Å². The number of nitrogens with zero attached hydrogens (tertiary/aromatic N) is 2. The standard InChI is InChI=1S/C29H38N4O7/c1-32(2)18-11-14(12-31-15-7-5-6-8-15)23(34)20-16(18)9-13-10-17-22(33(3)4)25(36)21(28(30)39)27(38)29(17,40)26(37)19(13)24(20)35/h11,13,15,17,22,31,34-35,38,40H,5-10,12H2,1-4H3,(H2,30,39)/t13-,17-,22-,29-/m0/s1. The first-order valence-electron chi connectivity index (χ1n) is 13.7. The fourth-order valence-corrected chi connectivity index (χ4v) is 7.26. The molecule has 1 aromatic carbocycles. The van der Waals surface area contributed by atoms with Crippen LogP contribution in [0.15, 0.2) is 23.0 Å². The molecule has 40 heavy (non-hydrogen) atoms. The molecular weight excluding hydrogens is 516 g/mol. The topological polar surface area (TPSA) is 177 Å². The highest BCUT2D eigenvalue weighted by Crippen LogP contribution is 2.54. The number of phenols is 1. The van der Waals surface area contributed by atoms with Gasteiger partial charge in [-0.25, -0.2) is 0 Å². The quantitative estimate of drug-likeness (QED) is 0.279. The van der Waals surface area contributed by atoms with Crippen molar-refractivity contribution in [2.45, 2.75) is 62.8 Å². The van der Waals surface area contributed by atoms with E-state index in [1.54, 1.807) is 14.1 Å². The van der Waals surface area contributed by atoms with Crippen molar-refractivity contribution in [2.75, 3.05) is 33.1 Å². The minimum absolute atomic E-state index is 0.0599. The van der Waals surface area contributed by atoms with Gasteiger partial charge in [0.05, 0.1) is 11.6 Å². The largest absolute Gasteiger partial charge is 0.508 e. The summed E-state index contributed by atoms with van der Waals surface area (Å²) < 4.78 is 0. The van der Waals surface area contributed by atoms with Crippen molar-refractivity contribution in [2.24, 2.45) is 17.6 Å². The molecule has 4 aliphatic rings. The highest BCUT2D eigenvalue weighted by Gasteiger charge is 2.64. The van der Waals surface area contributed by atoms with Crippen molar-refractivity contribution < 1.29 is 34.8 Å². The van der Waals surface area contributed by atoms with Crippen molar-refractivity contribution in [3.05, 3.63) is 39.7 Å². The molecule has 7 N–H and O–H groups in total. The fraction of sp³-hybridized carbons (Fsp3) is 0.552. The molecule has 0 aromatic heterocycles. The molecule has 4 aliphatic carbocycles. The highest BCUT2D eigenvalue weighted by atomic mass is 16.3. The Labute approximate surface area is 232 Å².